The number of rotatable bonds is 2. The first kappa shape index (κ1) is 12.9. The summed E-state index contributed by atoms with van der Waals surface area (Å²) in [5, 5.41) is 3.88. The van der Waals surface area contributed by atoms with E-state index in [-0.39, 0.29) is 11.2 Å². The van der Waals surface area contributed by atoms with Crippen LogP contribution < -0.4 is 0 Å². The molecule has 0 saturated heterocycles. The summed E-state index contributed by atoms with van der Waals surface area (Å²) >= 11 is 0. The lowest BCUT2D eigenvalue weighted by Crippen LogP contribution is -2.16. The van der Waals surface area contributed by atoms with E-state index in [1.54, 1.807) is 0 Å². The Labute approximate surface area is 106 Å². The quantitative estimate of drug-likeness (QED) is 0.616. The van der Waals surface area contributed by atoms with Gasteiger partial charge in [-0.15, -0.1) is 0 Å². The van der Waals surface area contributed by atoms with Gasteiger partial charge >= 0.3 is 0 Å². The molecule has 0 atom stereocenters. The van der Waals surface area contributed by atoms with E-state index in [2.05, 4.69) is 19.0 Å². The number of hydrogen-bond acceptors (Lipinski definition) is 4. The van der Waals surface area contributed by atoms with E-state index < -0.39 is 9.05 Å². The van der Waals surface area contributed by atoms with Crippen LogP contribution in [0.3, 0.4) is 0 Å². The van der Waals surface area contributed by atoms with Crippen molar-refractivity contribution in [1.82, 2.24) is 5.16 Å². The van der Waals surface area contributed by atoms with Crippen LogP contribution in [0, 0.1) is 0 Å². The summed E-state index contributed by atoms with van der Waals surface area (Å²) in [7, 11) is 1.69. The van der Waals surface area contributed by atoms with Gasteiger partial charge in [-0.25, -0.2) is 8.42 Å². The van der Waals surface area contributed by atoms with Gasteiger partial charge in [0, 0.05) is 21.7 Å². The summed E-state index contributed by atoms with van der Waals surface area (Å²) in [6, 6.07) is 0. The van der Waals surface area contributed by atoms with Crippen molar-refractivity contribution in [2.24, 2.45) is 0 Å². The van der Waals surface area contributed by atoms with Gasteiger partial charge in [-0.1, -0.05) is 25.4 Å². The highest BCUT2D eigenvalue weighted by molar-refractivity contribution is 8.13. The van der Waals surface area contributed by atoms with Crippen LogP contribution in [0.15, 0.2) is 4.52 Å². The minimum atomic E-state index is -3.58. The molecule has 1 aliphatic carbocycles. The van der Waals surface area contributed by atoms with Gasteiger partial charge < -0.3 is 4.52 Å². The number of nitrogens with zero attached hydrogens (tertiary/aromatic N) is 1. The summed E-state index contributed by atoms with van der Waals surface area (Å²) in [6.45, 7) is 4.20. The van der Waals surface area contributed by atoms with Crippen molar-refractivity contribution in [3.63, 3.8) is 0 Å². The molecule has 0 aliphatic heterocycles. The van der Waals surface area contributed by atoms with Gasteiger partial charge in [0.05, 0.1) is 0 Å². The van der Waals surface area contributed by atoms with Crippen LogP contribution in [0.2, 0.25) is 0 Å². The average molecular weight is 278 g/mol. The van der Waals surface area contributed by atoms with Crippen molar-refractivity contribution >= 4 is 19.7 Å². The molecule has 6 heteroatoms. The number of aromatic nitrogens is 1. The van der Waals surface area contributed by atoms with E-state index in [0.29, 0.717) is 5.69 Å². The third-order valence-corrected chi connectivity index (χ3v) is 4.22. The van der Waals surface area contributed by atoms with Crippen LogP contribution >= 0.6 is 10.7 Å². The second-order valence-corrected chi connectivity index (χ2v) is 7.99. The van der Waals surface area contributed by atoms with E-state index in [1.807, 2.05) is 0 Å². The van der Waals surface area contributed by atoms with Gasteiger partial charge in [0.1, 0.15) is 17.2 Å². The Kier molecular flexibility index (Phi) is 3.25. The van der Waals surface area contributed by atoms with Crippen molar-refractivity contribution in [2.75, 3.05) is 0 Å². The van der Waals surface area contributed by atoms with E-state index in [0.717, 1.165) is 37.0 Å². The number of halogens is 1. The Balaban J connectivity index is 2.43. The topological polar surface area (TPSA) is 60.2 Å². The lowest BCUT2D eigenvalue weighted by atomic mass is 9.85. The molecule has 1 aromatic rings. The smallest absolute Gasteiger partial charge is 0.238 e. The summed E-state index contributed by atoms with van der Waals surface area (Å²) in [5.74, 6) is 0.578. The van der Waals surface area contributed by atoms with Gasteiger partial charge in [0.2, 0.25) is 9.05 Å². The summed E-state index contributed by atoms with van der Waals surface area (Å²) in [5.41, 5.74) is 1.34. The fourth-order valence-corrected chi connectivity index (χ4v) is 3.25. The van der Waals surface area contributed by atoms with Gasteiger partial charge in [0.25, 0.3) is 0 Å². The molecular formula is C11H16ClNO3S. The molecule has 1 heterocycles. The molecule has 2 rings (SSSR count). The Bertz CT molecular complexity index is 519. The van der Waals surface area contributed by atoms with Crippen molar-refractivity contribution in [2.45, 2.75) is 50.7 Å². The minimum Gasteiger partial charge on any atom is -0.360 e. The molecule has 0 spiro atoms. The highest BCUT2D eigenvalue weighted by Crippen LogP contribution is 2.37. The van der Waals surface area contributed by atoms with E-state index in [1.165, 1.54) is 0 Å². The molecule has 96 valence electrons. The maximum atomic E-state index is 11.1. The molecule has 4 nitrogen and oxygen atoms in total. The Morgan fingerprint density at radius 3 is 2.76 bits per heavy atom. The first-order chi connectivity index (χ1) is 7.80. The summed E-state index contributed by atoms with van der Waals surface area (Å²) in [6.07, 6.45) is 4.00. The number of fused-ring (bicyclic) bond motifs is 1. The van der Waals surface area contributed by atoms with Crippen LogP contribution in [-0.2, 0) is 26.6 Å². The molecule has 0 radical (unpaired) electrons. The second kappa shape index (κ2) is 4.28. The van der Waals surface area contributed by atoms with Crippen molar-refractivity contribution < 1.29 is 12.9 Å². The fourth-order valence-electron chi connectivity index (χ4n) is 2.39. The Morgan fingerprint density at radius 2 is 2.12 bits per heavy atom. The molecule has 0 bridgehead atoms. The first-order valence-electron chi connectivity index (χ1n) is 5.70. The Morgan fingerprint density at radius 1 is 1.41 bits per heavy atom. The highest BCUT2D eigenvalue weighted by atomic mass is 35.7. The maximum absolute atomic E-state index is 11.1. The average Bonchev–Trinajstić information content (AvgIpc) is 2.47. The van der Waals surface area contributed by atoms with Crippen LogP contribution in [0.4, 0.5) is 0 Å². The monoisotopic (exact) mass is 277 g/mol. The largest absolute Gasteiger partial charge is 0.360 e. The zero-order valence-corrected chi connectivity index (χ0v) is 11.6. The van der Waals surface area contributed by atoms with Crippen LogP contribution in [0.25, 0.3) is 0 Å². The zero-order chi connectivity index (χ0) is 12.7. The maximum Gasteiger partial charge on any atom is 0.238 e. The fraction of sp³-hybridized carbons (Fsp3) is 0.727. The van der Waals surface area contributed by atoms with Gasteiger partial charge in [-0.2, -0.15) is 0 Å². The standard InChI is InChI=1S/C11H16ClNO3S/c1-11(2)6-4-3-5-8-9(7-17(12,14)15)13-16-10(8)11/h3-7H2,1-2H3. The molecule has 0 saturated carbocycles. The zero-order valence-electron chi connectivity index (χ0n) is 9.99. The van der Waals surface area contributed by atoms with Gasteiger partial charge in [-0.05, 0) is 19.3 Å². The van der Waals surface area contributed by atoms with Crippen LogP contribution in [-0.4, -0.2) is 13.6 Å². The predicted molar refractivity (Wildman–Crippen MR) is 65.6 cm³/mol. The lowest BCUT2D eigenvalue weighted by molar-refractivity contribution is 0.302. The molecule has 0 aromatic carbocycles. The van der Waals surface area contributed by atoms with E-state index in [9.17, 15) is 8.42 Å². The molecule has 1 aliphatic rings. The normalized spacial score (nSPS) is 19.7. The molecule has 1 aromatic heterocycles. The lowest BCUT2D eigenvalue weighted by Gasteiger charge is -2.19. The highest BCUT2D eigenvalue weighted by Gasteiger charge is 2.33. The van der Waals surface area contributed by atoms with Gasteiger partial charge in [0.15, 0.2) is 0 Å². The van der Waals surface area contributed by atoms with Crippen molar-refractivity contribution in [1.29, 1.82) is 0 Å². The molecule has 0 fully saturated rings. The second-order valence-electron chi connectivity index (χ2n) is 5.21. The molecule has 17 heavy (non-hydrogen) atoms. The Hall–Kier alpha value is -0.550. The molecule has 0 unspecified atom stereocenters. The SMILES string of the molecule is CC1(C)CCCCc2c(CS(=O)(=O)Cl)noc21. The molecule has 0 amide bonds. The molecular weight excluding hydrogens is 262 g/mol. The molecule has 0 N–H and O–H groups in total. The predicted octanol–water partition coefficient (Wildman–Crippen LogP) is 2.75. The minimum absolute atomic E-state index is 0.0762. The van der Waals surface area contributed by atoms with E-state index in [4.69, 9.17) is 15.2 Å². The van der Waals surface area contributed by atoms with Crippen LogP contribution in [0.1, 0.15) is 50.1 Å². The van der Waals surface area contributed by atoms with Crippen LogP contribution in [0.5, 0.6) is 0 Å². The van der Waals surface area contributed by atoms with Crippen molar-refractivity contribution in [3.05, 3.63) is 17.0 Å². The summed E-state index contributed by atoms with van der Waals surface area (Å²) in [4.78, 5) is 0. The van der Waals surface area contributed by atoms with E-state index >= 15 is 0 Å². The third kappa shape index (κ3) is 2.83. The summed E-state index contributed by atoms with van der Waals surface area (Å²) < 4.78 is 27.6. The van der Waals surface area contributed by atoms with Gasteiger partial charge in [-0.3, -0.25) is 0 Å². The van der Waals surface area contributed by atoms with Crippen molar-refractivity contribution in [3.8, 4) is 0 Å². The first-order valence-corrected chi connectivity index (χ1v) is 8.18. The third-order valence-electron chi connectivity index (χ3n) is 3.27. The number of hydrogen-bond donors (Lipinski definition) is 0.